The molecular weight excluding hydrogens is 385 g/mol. The lowest BCUT2D eigenvalue weighted by molar-refractivity contribution is 0.208. The van der Waals surface area contributed by atoms with Gasteiger partial charge in [-0.15, -0.1) is 0 Å². The first-order valence-corrected chi connectivity index (χ1v) is 9.85. The number of nitrogens with one attached hydrogen (secondary N) is 1. The Morgan fingerprint density at radius 2 is 1.73 bits per heavy atom. The van der Waals surface area contributed by atoms with Crippen LogP contribution in [-0.4, -0.2) is 56.9 Å². The molecule has 1 fully saturated rings. The van der Waals surface area contributed by atoms with Crippen molar-refractivity contribution in [3.05, 3.63) is 59.4 Å². The van der Waals surface area contributed by atoms with Gasteiger partial charge in [0.1, 0.15) is 17.5 Å². The smallest absolute Gasteiger partial charge is 0.321 e. The van der Waals surface area contributed by atoms with Crippen LogP contribution in [0.3, 0.4) is 0 Å². The highest BCUT2D eigenvalue weighted by molar-refractivity contribution is 5.89. The molecule has 0 bridgehead atoms. The Labute approximate surface area is 174 Å². The number of hydrogen-bond acceptors (Lipinski definition) is 5. The number of aryl methyl sites for hydroxylation is 3. The van der Waals surface area contributed by atoms with Crippen molar-refractivity contribution in [2.75, 3.05) is 36.4 Å². The van der Waals surface area contributed by atoms with E-state index in [0.29, 0.717) is 37.7 Å². The van der Waals surface area contributed by atoms with Crippen LogP contribution in [0.15, 0.2) is 36.4 Å². The Hall–Kier alpha value is -3.49. The lowest BCUT2D eigenvalue weighted by atomic mass is 10.3. The third kappa shape index (κ3) is 4.24. The molecule has 0 atom stereocenters. The molecule has 0 saturated carbocycles. The summed E-state index contributed by atoms with van der Waals surface area (Å²) in [4.78, 5) is 25.5. The highest BCUT2D eigenvalue weighted by Gasteiger charge is 2.23. The Morgan fingerprint density at radius 3 is 2.40 bits per heavy atom. The van der Waals surface area contributed by atoms with E-state index in [1.807, 2.05) is 37.6 Å². The first kappa shape index (κ1) is 19.8. The lowest BCUT2D eigenvalue weighted by Gasteiger charge is -2.35. The zero-order valence-corrected chi connectivity index (χ0v) is 17.3. The van der Waals surface area contributed by atoms with Crippen LogP contribution >= 0.6 is 0 Å². The van der Waals surface area contributed by atoms with Crippen LogP contribution in [0, 0.1) is 26.6 Å². The number of urea groups is 1. The number of amides is 2. The summed E-state index contributed by atoms with van der Waals surface area (Å²) in [5.74, 6) is 1.83. The number of carbonyl (C=O) groups is 1. The zero-order chi connectivity index (χ0) is 21.3. The third-order valence-corrected chi connectivity index (χ3v) is 5.00. The lowest BCUT2D eigenvalue weighted by Crippen LogP contribution is -2.50. The van der Waals surface area contributed by atoms with Gasteiger partial charge in [-0.05, 0) is 45.0 Å². The molecule has 0 aliphatic carbocycles. The molecule has 3 aromatic rings. The highest BCUT2D eigenvalue weighted by Crippen LogP contribution is 2.19. The molecule has 0 unspecified atom stereocenters. The summed E-state index contributed by atoms with van der Waals surface area (Å²) in [6.45, 7) is 8.17. The largest absolute Gasteiger partial charge is 0.353 e. The first-order chi connectivity index (χ1) is 14.4. The maximum Gasteiger partial charge on any atom is 0.321 e. The van der Waals surface area contributed by atoms with Crippen LogP contribution in [0.2, 0.25) is 0 Å². The average Bonchev–Trinajstić information content (AvgIpc) is 3.06. The Balaban J connectivity index is 1.44. The molecule has 156 valence electrons. The number of hydrogen-bond donors (Lipinski definition) is 1. The van der Waals surface area contributed by atoms with E-state index in [2.05, 4.69) is 25.3 Å². The fourth-order valence-electron chi connectivity index (χ4n) is 3.58. The van der Waals surface area contributed by atoms with Gasteiger partial charge in [-0.2, -0.15) is 5.10 Å². The van der Waals surface area contributed by atoms with Gasteiger partial charge < -0.3 is 15.1 Å². The summed E-state index contributed by atoms with van der Waals surface area (Å²) in [5, 5.41) is 7.26. The number of anilines is 2. The molecule has 0 radical (unpaired) electrons. The number of aromatic nitrogens is 4. The highest BCUT2D eigenvalue weighted by atomic mass is 19.1. The summed E-state index contributed by atoms with van der Waals surface area (Å²) < 4.78 is 15.1. The van der Waals surface area contributed by atoms with E-state index in [9.17, 15) is 9.18 Å². The molecule has 1 N–H and O–H groups in total. The third-order valence-electron chi connectivity index (χ3n) is 5.00. The predicted octanol–water partition coefficient (Wildman–Crippen LogP) is 3.08. The van der Waals surface area contributed by atoms with E-state index in [1.165, 1.54) is 12.1 Å². The van der Waals surface area contributed by atoms with Crippen LogP contribution in [0.25, 0.3) is 5.82 Å². The van der Waals surface area contributed by atoms with Gasteiger partial charge in [0.2, 0.25) is 0 Å². The van der Waals surface area contributed by atoms with E-state index >= 15 is 0 Å². The molecule has 0 spiro atoms. The van der Waals surface area contributed by atoms with Crippen molar-refractivity contribution in [1.29, 1.82) is 0 Å². The van der Waals surface area contributed by atoms with Gasteiger partial charge >= 0.3 is 6.03 Å². The minimum Gasteiger partial charge on any atom is -0.353 e. The fourth-order valence-corrected chi connectivity index (χ4v) is 3.58. The van der Waals surface area contributed by atoms with Crippen LogP contribution in [0.4, 0.5) is 20.7 Å². The SMILES string of the molecule is Cc1cc(C)n(-c2cc(N3CCN(C(=O)Nc4cccc(F)c4)CC3)nc(C)n2)n1. The van der Waals surface area contributed by atoms with Crippen molar-refractivity contribution >= 4 is 17.5 Å². The zero-order valence-electron chi connectivity index (χ0n) is 17.3. The summed E-state index contributed by atoms with van der Waals surface area (Å²) in [6.07, 6.45) is 0. The average molecular weight is 409 g/mol. The number of halogens is 1. The normalized spacial score (nSPS) is 14.1. The fraction of sp³-hybridized carbons (Fsp3) is 0.333. The van der Waals surface area contributed by atoms with Gasteiger partial charge in [-0.25, -0.2) is 23.8 Å². The Bertz CT molecular complexity index is 1070. The van der Waals surface area contributed by atoms with Gasteiger partial charge in [-0.3, -0.25) is 0 Å². The number of rotatable bonds is 3. The molecule has 8 nitrogen and oxygen atoms in total. The van der Waals surface area contributed by atoms with E-state index in [1.54, 1.807) is 17.0 Å². The van der Waals surface area contributed by atoms with E-state index in [-0.39, 0.29) is 11.8 Å². The minimum absolute atomic E-state index is 0.234. The van der Waals surface area contributed by atoms with Crippen LogP contribution < -0.4 is 10.2 Å². The topological polar surface area (TPSA) is 79.2 Å². The number of carbonyl (C=O) groups excluding carboxylic acids is 1. The summed E-state index contributed by atoms with van der Waals surface area (Å²) in [7, 11) is 0. The molecule has 2 aromatic heterocycles. The molecule has 2 amide bonds. The summed E-state index contributed by atoms with van der Waals surface area (Å²) in [5.41, 5.74) is 2.39. The first-order valence-electron chi connectivity index (χ1n) is 9.85. The van der Waals surface area contributed by atoms with Gasteiger partial charge in [0.05, 0.1) is 5.69 Å². The molecule has 1 aliphatic heterocycles. The molecule has 1 aromatic carbocycles. The van der Waals surface area contributed by atoms with Crippen molar-refractivity contribution in [3.8, 4) is 5.82 Å². The second-order valence-electron chi connectivity index (χ2n) is 7.39. The van der Waals surface area contributed by atoms with Crippen molar-refractivity contribution in [2.45, 2.75) is 20.8 Å². The number of benzene rings is 1. The molecule has 1 aliphatic rings. The molecule has 30 heavy (non-hydrogen) atoms. The van der Waals surface area contributed by atoms with Crippen molar-refractivity contribution in [3.63, 3.8) is 0 Å². The van der Waals surface area contributed by atoms with Crippen molar-refractivity contribution in [2.24, 2.45) is 0 Å². The molecule has 1 saturated heterocycles. The molecule has 3 heterocycles. The van der Waals surface area contributed by atoms with Gasteiger partial charge in [-0.1, -0.05) is 6.07 Å². The second-order valence-corrected chi connectivity index (χ2v) is 7.39. The van der Waals surface area contributed by atoms with Gasteiger partial charge in [0, 0.05) is 43.6 Å². The number of piperazine rings is 1. The maximum absolute atomic E-state index is 13.3. The molecule has 9 heteroatoms. The predicted molar refractivity (Wildman–Crippen MR) is 113 cm³/mol. The van der Waals surface area contributed by atoms with Crippen LogP contribution in [0.5, 0.6) is 0 Å². The van der Waals surface area contributed by atoms with E-state index < -0.39 is 0 Å². The number of nitrogens with zero attached hydrogens (tertiary/aromatic N) is 6. The summed E-state index contributed by atoms with van der Waals surface area (Å²) in [6, 6.07) is 9.59. The van der Waals surface area contributed by atoms with Crippen molar-refractivity contribution < 1.29 is 9.18 Å². The second kappa shape index (κ2) is 8.10. The quantitative estimate of drug-likeness (QED) is 0.719. The van der Waals surface area contributed by atoms with E-state index in [4.69, 9.17) is 0 Å². The van der Waals surface area contributed by atoms with Gasteiger partial charge in [0.25, 0.3) is 0 Å². The van der Waals surface area contributed by atoms with Gasteiger partial charge in [0.15, 0.2) is 5.82 Å². The minimum atomic E-state index is -0.379. The van der Waals surface area contributed by atoms with Crippen LogP contribution in [0.1, 0.15) is 17.2 Å². The molecular formula is C21H24FN7O. The van der Waals surface area contributed by atoms with Crippen molar-refractivity contribution in [1.82, 2.24) is 24.6 Å². The van der Waals surface area contributed by atoms with Crippen LogP contribution in [-0.2, 0) is 0 Å². The Morgan fingerprint density at radius 1 is 1.00 bits per heavy atom. The standard InChI is InChI=1S/C21H24FN7O/c1-14-11-15(2)29(26-14)20-13-19(23-16(3)24-20)27-7-9-28(10-8-27)21(30)25-18-6-4-5-17(22)12-18/h4-6,11-13H,7-10H2,1-3H3,(H,25,30). The van der Waals surface area contributed by atoms with E-state index in [0.717, 1.165) is 23.0 Å². The maximum atomic E-state index is 13.3. The Kier molecular flexibility index (Phi) is 5.35. The molecule has 4 rings (SSSR count). The summed E-state index contributed by atoms with van der Waals surface area (Å²) >= 11 is 0. The monoisotopic (exact) mass is 409 g/mol.